The molecular formula is C17H16N4O4. The standard InChI is InChI=1S/C17H16N4O4/c18-6-5-13(22)20-7-8-21-14(23)9-11-10-3-1-2-4-12(10)25-16(19)15(11)17(21)24/h1-4,11H,5,7-9,19H2,(H,20,22). The Hall–Kier alpha value is -3.34. The van der Waals surface area contributed by atoms with Gasteiger partial charge in [-0.25, -0.2) is 0 Å². The van der Waals surface area contributed by atoms with Crippen molar-refractivity contribution < 1.29 is 19.1 Å². The molecule has 3 amide bonds. The molecule has 2 aliphatic rings. The smallest absolute Gasteiger partial charge is 0.262 e. The molecule has 0 aliphatic carbocycles. The summed E-state index contributed by atoms with van der Waals surface area (Å²) >= 11 is 0. The summed E-state index contributed by atoms with van der Waals surface area (Å²) in [6.45, 7) is 0.0905. The summed E-state index contributed by atoms with van der Waals surface area (Å²) in [5, 5.41) is 10.9. The van der Waals surface area contributed by atoms with Crippen molar-refractivity contribution in [1.29, 1.82) is 5.26 Å². The Morgan fingerprint density at radius 1 is 1.40 bits per heavy atom. The van der Waals surface area contributed by atoms with E-state index in [1.165, 1.54) is 0 Å². The van der Waals surface area contributed by atoms with Crippen molar-refractivity contribution in [1.82, 2.24) is 10.2 Å². The van der Waals surface area contributed by atoms with Gasteiger partial charge in [0, 0.05) is 31.0 Å². The van der Waals surface area contributed by atoms with Crippen molar-refractivity contribution in [3.8, 4) is 11.8 Å². The van der Waals surface area contributed by atoms with Crippen LogP contribution in [-0.2, 0) is 14.4 Å². The minimum absolute atomic E-state index is 0.000263. The monoisotopic (exact) mass is 340 g/mol. The average molecular weight is 340 g/mol. The molecule has 1 aromatic rings. The summed E-state index contributed by atoms with van der Waals surface area (Å²) in [5.41, 5.74) is 6.94. The Bertz CT molecular complexity index is 824. The number of carbonyl (C=O) groups is 3. The number of para-hydroxylation sites is 1. The van der Waals surface area contributed by atoms with Gasteiger partial charge in [0.2, 0.25) is 11.8 Å². The third-order valence-electron chi connectivity index (χ3n) is 4.18. The normalized spacial score (nSPS) is 18.8. The van der Waals surface area contributed by atoms with Crippen molar-refractivity contribution >= 4 is 17.7 Å². The first-order chi connectivity index (χ1) is 12.0. The van der Waals surface area contributed by atoms with Crippen LogP contribution in [0.15, 0.2) is 35.7 Å². The number of nitrogens with one attached hydrogen (secondary N) is 1. The van der Waals surface area contributed by atoms with E-state index >= 15 is 0 Å². The first-order valence-corrected chi connectivity index (χ1v) is 7.77. The second-order valence-electron chi connectivity index (χ2n) is 5.71. The van der Waals surface area contributed by atoms with E-state index in [0.29, 0.717) is 5.75 Å². The zero-order valence-electron chi connectivity index (χ0n) is 13.3. The number of nitriles is 1. The van der Waals surface area contributed by atoms with E-state index in [0.717, 1.165) is 10.5 Å². The molecule has 0 bridgehead atoms. The van der Waals surface area contributed by atoms with Crippen LogP contribution in [0.5, 0.6) is 5.75 Å². The van der Waals surface area contributed by atoms with Gasteiger partial charge < -0.3 is 15.8 Å². The fraction of sp³-hybridized carbons (Fsp3) is 0.294. The van der Waals surface area contributed by atoms with Gasteiger partial charge in [0.1, 0.15) is 12.2 Å². The van der Waals surface area contributed by atoms with Crippen LogP contribution in [0, 0.1) is 11.3 Å². The van der Waals surface area contributed by atoms with Crippen LogP contribution in [0.25, 0.3) is 0 Å². The molecule has 2 aliphatic heterocycles. The van der Waals surface area contributed by atoms with Crippen molar-refractivity contribution in [2.45, 2.75) is 18.8 Å². The highest BCUT2D eigenvalue weighted by Crippen LogP contribution is 2.43. The van der Waals surface area contributed by atoms with Crippen LogP contribution >= 0.6 is 0 Å². The highest BCUT2D eigenvalue weighted by Gasteiger charge is 2.42. The van der Waals surface area contributed by atoms with Crippen LogP contribution in [0.4, 0.5) is 0 Å². The molecule has 1 unspecified atom stereocenters. The lowest BCUT2D eigenvalue weighted by molar-refractivity contribution is -0.145. The molecule has 1 aromatic carbocycles. The van der Waals surface area contributed by atoms with E-state index in [1.807, 2.05) is 12.1 Å². The van der Waals surface area contributed by atoms with Crippen LogP contribution < -0.4 is 15.8 Å². The summed E-state index contributed by atoms with van der Waals surface area (Å²) in [6.07, 6.45) is -0.166. The van der Waals surface area contributed by atoms with E-state index < -0.39 is 17.7 Å². The van der Waals surface area contributed by atoms with Crippen molar-refractivity contribution in [3.63, 3.8) is 0 Å². The molecule has 1 atom stereocenters. The quantitative estimate of drug-likeness (QED) is 0.750. The molecule has 0 saturated carbocycles. The molecule has 2 heterocycles. The van der Waals surface area contributed by atoms with E-state index in [9.17, 15) is 14.4 Å². The lowest BCUT2D eigenvalue weighted by Crippen LogP contribution is -2.49. The number of nitrogens with zero attached hydrogens (tertiary/aromatic N) is 2. The first-order valence-electron chi connectivity index (χ1n) is 7.77. The minimum Gasteiger partial charge on any atom is -0.441 e. The Kier molecular flexibility index (Phi) is 4.39. The number of likely N-dealkylation sites (tertiary alicyclic amines) is 1. The number of carbonyl (C=O) groups excluding carboxylic acids is 3. The minimum atomic E-state index is -0.511. The van der Waals surface area contributed by atoms with E-state index in [4.69, 9.17) is 15.7 Å². The largest absolute Gasteiger partial charge is 0.441 e. The predicted octanol–water partition coefficient (Wildman–Crippen LogP) is 0.122. The number of nitrogens with two attached hydrogens (primary N) is 1. The zero-order valence-corrected chi connectivity index (χ0v) is 13.3. The molecule has 128 valence electrons. The molecule has 25 heavy (non-hydrogen) atoms. The molecular weight excluding hydrogens is 324 g/mol. The van der Waals surface area contributed by atoms with E-state index in [-0.39, 0.29) is 43.3 Å². The molecule has 8 heteroatoms. The number of ether oxygens (including phenoxy) is 1. The fourth-order valence-corrected chi connectivity index (χ4v) is 3.04. The van der Waals surface area contributed by atoms with Crippen LogP contribution in [0.1, 0.15) is 24.3 Å². The summed E-state index contributed by atoms with van der Waals surface area (Å²) < 4.78 is 5.52. The Labute approximate surface area is 143 Å². The SMILES string of the molecule is N#CCC(=O)NCCN1C(=O)CC2C(=C(N)Oc3ccccc32)C1=O. The predicted molar refractivity (Wildman–Crippen MR) is 85.6 cm³/mol. The van der Waals surface area contributed by atoms with Gasteiger partial charge in [-0.1, -0.05) is 18.2 Å². The number of benzene rings is 1. The Balaban J connectivity index is 1.77. The van der Waals surface area contributed by atoms with Crippen LogP contribution in [0.3, 0.4) is 0 Å². The number of rotatable bonds is 4. The van der Waals surface area contributed by atoms with E-state index in [1.54, 1.807) is 18.2 Å². The highest BCUT2D eigenvalue weighted by molar-refractivity contribution is 6.09. The number of imide groups is 1. The average Bonchev–Trinajstić information content (AvgIpc) is 2.57. The molecule has 8 nitrogen and oxygen atoms in total. The maximum atomic E-state index is 12.7. The van der Waals surface area contributed by atoms with Gasteiger partial charge in [0.15, 0.2) is 5.88 Å². The van der Waals surface area contributed by atoms with E-state index in [2.05, 4.69) is 5.32 Å². The second-order valence-corrected chi connectivity index (χ2v) is 5.71. The number of piperidine rings is 1. The number of amides is 3. The van der Waals surface area contributed by atoms with Gasteiger partial charge >= 0.3 is 0 Å². The third-order valence-corrected chi connectivity index (χ3v) is 4.18. The summed E-state index contributed by atoms with van der Waals surface area (Å²) in [6, 6.07) is 8.88. The maximum Gasteiger partial charge on any atom is 0.262 e. The van der Waals surface area contributed by atoms with Gasteiger partial charge in [0.25, 0.3) is 5.91 Å². The maximum absolute atomic E-state index is 12.7. The van der Waals surface area contributed by atoms with Gasteiger partial charge in [-0.05, 0) is 6.07 Å². The number of hydrogen-bond acceptors (Lipinski definition) is 6. The highest BCUT2D eigenvalue weighted by atomic mass is 16.5. The molecule has 0 spiro atoms. The number of hydrogen-bond donors (Lipinski definition) is 2. The Morgan fingerprint density at radius 2 is 2.16 bits per heavy atom. The lowest BCUT2D eigenvalue weighted by atomic mass is 9.82. The second kappa shape index (κ2) is 6.65. The van der Waals surface area contributed by atoms with Crippen molar-refractivity contribution in [2.75, 3.05) is 13.1 Å². The summed E-state index contributed by atoms with van der Waals surface area (Å²) in [7, 11) is 0. The van der Waals surface area contributed by atoms with Gasteiger partial charge in [-0.2, -0.15) is 5.26 Å². The summed E-state index contributed by atoms with van der Waals surface area (Å²) in [5.74, 6) is -1.17. The van der Waals surface area contributed by atoms with Crippen LogP contribution in [-0.4, -0.2) is 35.7 Å². The van der Waals surface area contributed by atoms with Crippen molar-refractivity contribution in [2.24, 2.45) is 5.73 Å². The molecule has 3 rings (SSSR count). The van der Waals surface area contributed by atoms with Crippen LogP contribution in [0.2, 0.25) is 0 Å². The molecule has 3 N–H and O–H groups in total. The van der Waals surface area contributed by atoms with Gasteiger partial charge in [-0.15, -0.1) is 0 Å². The topological polar surface area (TPSA) is 126 Å². The third kappa shape index (κ3) is 3.04. The summed E-state index contributed by atoms with van der Waals surface area (Å²) in [4.78, 5) is 37.5. The zero-order chi connectivity index (χ0) is 18.0. The van der Waals surface area contributed by atoms with Gasteiger partial charge in [0.05, 0.1) is 11.6 Å². The van der Waals surface area contributed by atoms with Crippen molar-refractivity contribution in [3.05, 3.63) is 41.3 Å². The molecule has 1 fully saturated rings. The molecule has 1 saturated heterocycles. The first kappa shape index (κ1) is 16.5. The fourth-order valence-electron chi connectivity index (χ4n) is 3.04. The molecule has 0 aromatic heterocycles. The number of fused-ring (bicyclic) bond motifs is 3. The lowest BCUT2D eigenvalue weighted by Gasteiger charge is -2.35. The Morgan fingerprint density at radius 3 is 2.92 bits per heavy atom. The molecule has 0 radical (unpaired) electrons. The van der Waals surface area contributed by atoms with Gasteiger partial charge in [-0.3, -0.25) is 19.3 Å².